The maximum atomic E-state index is 5.95. The first-order valence-electron chi connectivity index (χ1n) is 4.05. The summed E-state index contributed by atoms with van der Waals surface area (Å²) >= 11 is 5.95. The highest BCUT2D eigenvalue weighted by atomic mass is 35.5. The molecule has 1 atom stereocenters. The van der Waals surface area contributed by atoms with Gasteiger partial charge >= 0.3 is 0 Å². The lowest BCUT2D eigenvalue weighted by atomic mass is 10.2. The van der Waals surface area contributed by atoms with Crippen molar-refractivity contribution in [2.75, 3.05) is 19.6 Å². The Morgan fingerprint density at radius 2 is 2.30 bits per heavy atom. The minimum absolute atomic E-state index is 0.416. The second-order valence-corrected chi connectivity index (χ2v) is 4.16. The smallest absolute Gasteiger partial charge is 0.0475 e. The van der Waals surface area contributed by atoms with Gasteiger partial charge in [-0.05, 0) is 18.9 Å². The molecule has 0 N–H and O–H groups in total. The average molecular weight is 162 g/mol. The summed E-state index contributed by atoms with van der Waals surface area (Å²) in [6, 6.07) is 0. The van der Waals surface area contributed by atoms with E-state index < -0.39 is 0 Å². The number of hydrogen-bond acceptors (Lipinski definition) is 1. The predicted molar refractivity (Wildman–Crippen MR) is 45.5 cm³/mol. The molecule has 1 saturated heterocycles. The van der Waals surface area contributed by atoms with E-state index in [0.717, 1.165) is 12.5 Å². The summed E-state index contributed by atoms with van der Waals surface area (Å²) in [4.78, 5) is 2.45. The van der Waals surface area contributed by atoms with Gasteiger partial charge in [-0.3, -0.25) is 0 Å². The standard InChI is InChI=1S/C8H16ClN/c1-7(2)5-10-4-3-8(9)6-10/h7-8H,3-6H2,1-2H3. The highest BCUT2D eigenvalue weighted by Crippen LogP contribution is 2.15. The predicted octanol–water partition coefficient (Wildman–Crippen LogP) is 1.96. The molecule has 2 heteroatoms. The summed E-state index contributed by atoms with van der Waals surface area (Å²) in [7, 11) is 0. The topological polar surface area (TPSA) is 3.24 Å². The lowest BCUT2D eigenvalue weighted by Crippen LogP contribution is -2.25. The number of alkyl halides is 1. The average Bonchev–Trinajstić information content (AvgIpc) is 2.13. The van der Waals surface area contributed by atoms with Gasteiger partial charge in [-0.2, -0.15) is 0 Å². The van der Waals surface area contributed by atoms with Crippen LogP contribution in [0.2, 0.25) is 0 Å². The Bertz CT molecular complexity index is 103. The molecule has 0 spiro atoms. The van der Waals surface area contributed by atoms with Gasteiger partial charge in [0.25, 0.3) is 0 Å². The summed E-state index contributed by atoms with van der Waals surface area (Å²) < 4.78 is 0. The Morgan fingerprint density at radius 1 is 1.60 bits per heavy atom. The molecule has 1 rings (SSSR count). The molecule has 1 aliphatic rings. The number of likely N-dealkylation sites (tertiary alicyclic amines) is 1. The summed E-state index contributed by atoms with van der Waals surface area (Å²) in [6.07, 6.45) is 1.17. The van der Waals surface area contributed by atoms with Crippen LogP contribution in [0.4, 0.5) is 0 Å². The van der Waals surface area contributed by atoms with E-state index in [-0.39, 0.29) is 0 Å². The Labute approximate surface area is 68.4 Å². The molecule has 1 unspecified atom stereocenters. The van der Waals surface area contributed by atoms with Gasteiger partial charge in [-0.1, -0.05) is 13.8 Å². The molecule has 0 amide bonds. The zero-order chi connectivity index (χ0) is 7.56. The molecule has 0 bridgehead atoms. The number of halogens is 1. The van der Waals surface area contributed by atoms with Crippen LogP contribution in [0.5, 0.6) is 0 Å². The van der Waals surface area contributed by atoms with Crippen molar-refractivity contribution >= 4 is 11.6 Å². The molecule has 0 aliphatic carbocycles. The Kier molecular flexibility index (Phi) is 2.99. The van der Waals surface area contributed by atoms with Gasteiger partial charge in [0.1, 0.15) is 0 Å². The van der Waals surface area contributed by atoms with Crippen molar-refractivity contribution < 1.29 is 0 Å². The fraction of sp³-hybridized carbons (Fsp3) is 1.00. The van der Waals surface area contributed by atoms with E-state index >= 15 is 0 Å². The summed E-state index contributed by atoms with van der Waals surface area (Å²) in [5.74, 6) is 0.780. The van der Waals surface area contributed by atoms with Crippen LogP contribution in [-0.2, 0) is 0 Å². The third kappa shape index (κ3) is 2.47. The van der Waals surface area contributed by atoms with Crippen LogP contribution in [0.1, 0.15) is 20.3 Å². The summed E-state index contributed by atoms with van der Waals surface area (Å²) in [6.45, 7) is 8.01. The van der Waals surface area contributed by atoms with Gasteiger partial charge in [0.2, 0.25) is 0 Å². The fourth-order valence-corrected chi connectivity index (χ4v) is 1.76. The van der Waals surface area contributed by atoms with Crippen molar-refractivity contribution in [3.63, 3.8) is 0 Å². The minimum atomic E-state index is 0.416. The van der Waals surface area contributed by atoms with Crippen LogP contribution in [0, 0.1) is 5.92 Å². The van der Waals surface area contributed by atoms with Crippen LogP contribution in [0.15, 0.2) is 0 Å². The molecular weight excluding hydrogens is 146 g/mol. The van der Waals surface area contributed by atoms with E-state index in [0.29, 0.717) is 5.38 Å². The van der Waals surface area contributed by atoms with Crippen molar-refractivity contribution in [2.24, 2.45) is 5.92 Å². The Hall–Kier alpha value is 0.250. The van der Waals surface area contributed by atoms with Gasteiger partial charge < -0.3 is 4.90 Å². The van der Waals surface area contributed by atoms with Gasteiger partial charge in [0.05, 0.1) is 0 Å². The molecular formula is C8H16ClN. The van der Waals surface area contributed by atoms with Crippen LogP contribution in [-0.4, -0.2) is 29.9 Å². The zero-order valence-corrected chi connectivity index (χ0v) is 7.56. The molecule has 0 aromatic heterocycles. The van der Waals surface area contributed by atoms with E-state index in [1.165, 1.54) is 19.5 Å². The zero-order valence-electron chi connectivity index (χ0n) is 6.81. The van der Waals surface area contributed by atoms with Gasteiger partial charge in [-0.25, -0.2) is 0 Å². The highest BCUT2D eigenvalue weighted by Gasteiger charge is 2.19. The van der Waals surface area contributed by atoms with E-state index in [1.54, 1.807) is 0 Å². The third-order valence-electron chi connectivity index (χ3n) is 1.84. The number of nitrogens with zero attached hydrogens (tertiary/aromatic N) is 1. The first kappa shape index (κ1) is 8.35. The molecule has 1 nitrogen and oxygen atoms in total. The molecule has 0 saturated carbocycles. The first-order valence-corrected chi connectivity index (χ1v) is 4.48. The monoisotopic (exact) mass is 161 g/mol. The van der Waals surface area contributed by atoms with E-state index in [1.807, 2.05) is 0 Å². The lowest BCUT2D eigenvalue weighted by Gasteiger charge is -2.16. The van der Waals surface area contributed by atoms with Crippen molar-refractivity contribution in [3.8, 4) is 0 Å². The second-order valence-electron chi connectivity index (χ2n) is 3.54. The summed E-state index contributed by atoms with van der Waals surface area (Å²) in [5.41, 5.74) is 0. The Morgan fingerprint density at radius 3 is 2.70 bits per heavy atom. The molecule has 1 fully saturated rings. The molecule has 10 heavy (non-hydrogen) atoms. The van der Waals surface area contributed by atoms with E-state index in [2.05, 4.69) is 18.7 Å². The third-order valence-corrected chi connectivity index (χ3v) is 2.19. The van der Waals surface area contributed by atoms with Gasteiger partial charge in [0.15, 0.2) is 0 Å². The molecule has 0 aromatic carbocycles. The van der Waals surface area contributed by atoms with Crippen molar-refractivity contribution in [3.05, 3.63) is 0 Å². The SMILES string of the molecule is CC(C)CN1CCC(Cl)C1. The highest BCUT2D eigenvalue weighted by molar-refractivity contribution is 6.20. The molecule has 1 aliphatic heterocycles. The Balaban J connectivity index is 2.18. The van der Waals surface area contributed by atoms with Gasteiger partial charge in [0, 0.05) is 18.5 Å². The first-order chi connectivity index (χ1) is 4.68. The van der Waals surface area contributed by atoms with Crippen molar-refractivity contribution in [2.45, 2.75) is 25.6 Å². The van der Waals surface area contributed by atoms with Gasteiger partial charge in [-0.15, -0.1) is 11.6 Å². The largest absolute Gasteiger partial charge is 0.302 e. The maximum Gasteiger partial charge on any atom is 0.0475 e. The second kappa shape index (κ2) is 3.59. The molecule has 60 valence electrons. The van der Waals surface area contributed by atoms with Crippen molar-refractivity contribution in [1.82, 2.24) is 4.90 Å². The summed E-state index contributed by atoms with van der Waals surface area (Å²) in [5, 5.41) is 0.416. The van der Waals surface area contributed by atoms with Crippen molar-refractivity contribution in [1.29, 1.82) is 0 Å². The minimum Gasteiger partial charge on any atom is -0.302 e. The van der Waals surface area contributed by atoms with Crippen LogP contribution in [0.25, 0.3) is 0 Å². The molecule has 1 heterocycles. The molecule has 0 aromatic rings. The number of hydrogen-bond donors (Lipinski definition) is 0. The normalized spacial score (nSPS) is 28.2. The quantitative estimate of drug-likeness (QED) is 0.560. The van der Waals surface area contributed by atoms with E-state index in [4.69, 9.17) is 11.6 Å². The fourth-order valence-electron chi connectivity index (χ4n) is 1.47. The van der Waals surface area contributed by atoms with Crippen LogP contribution < -0.4 is 0 Å². The van der Waals surface area contributed by atoms with Crippen LogP contribution in [0.3, 0.4) is 0 Å². The number of rotatable bonds is 2. The lowest BCUT2D eigenvalue weighted by molar-refractivity contribution is 0.299. The maximum absolute atomic E-state index is 5.95. The van der Waals surface area contributed by atoms with E-state index in [9.17, 15) is 0 Å². The molecule has 0 radical (unpaired) electrons. The van der Waals surface area contributed by atoms with Crippen LogP contribution >= 0.6 is 11.6 Å².